The van der Waals surface area contributed by atoms with Crippen LogP contribution in [0.4, 0.5) is 24.5 Å². The standard InChI is InChI=1S/C11H15F3N4O/c1-18(2)10(19)3-4-16-8-5-9(11(12,13)14)17-6-7(8)15/h5-6H,3-4,15H2,1-2H3,(H,16,17). The molecule has 0 bridgehead atoms. The first-order valence-electron chi connectivity index (χ1n) is 5.48. The van der Waals surface area contributed by atoms with Gasteiger partial charge in [0.25, 0.3) is 0 Å². The number of carbonyl (C=O) groups is 1. The summed E-state index contributed by atoms with van der Waals surface area (Å²) in [6.45, 7) is 0.197. The highest BCUT2D eigenvalue weighted by Crippen LogP contribution is 2.30. The van der Waals surface area contributed by atoms with Crippen LogP contribution in [0.15, 0.2) is 12.3 Å². The number of nitrogens with two attached hydrogens (primary N) is 1. The Labute approximate surface area is 108 Å². The minimum Gasteiger partial charge on any atom is -0.396 e. The number of rotatable bonds is 4. The first kappa shape index (κ1) is 15.1. The minimum atomic E-state index is -4.52. The van der Waals surface area contributed by atoms with Crippen LogP contribution in [0.3, 0.4) is 0 Å². The molecule has 1 aromatic heterocycles. The molecule has 0 spiro atoms. The van der Waals surface area contributed by atoms with Crippen molar-refractivity contribution in [3.05, 3.63) is 18.0 Å². The molecule has 0 fully saturated rings. The lowest BCUT2D eigenvalue weighted by atomic mass is 10.2. The third-order valence-corrected chi connectivity index (χ3v) is 2.38. The lowest BCUT2D eigenvalue weighted by Crippen LogP contribution is -2.24. The molecule has 1 heterocycles. The summed E-state index contributed by atoms with van der Waals surface area (Å²) < 4.78 is 37.4. The summed E-state index contributed by atoms with van der Waals surface area (Å²) in [5, 5.41) is 2.70. The molecule has 3 N–H and O–H groups in total. The van der Waals surface area contributed by atoms with Crippen LogP contribution < -0.4 is 11.1 Å². The number of hydrogen-bond acceptors (Lipinski definition) is 4. The highest BCUT2D eigenvalue weighted by molar-refractivity contribution is 5.76. The first-order chi connectivity index (χ1) is 8.71. The molecule has 8 heteroatoms. The largest absolute Gasteiger partial charge is 0.433 e. The summed E-state index contributed by atoms with van der Waals surface area (Å²) in [6.07, 6.45) is -3.42. The third kappa shape index (κ3) is 4.31. The molecule has 0 aliphatic carbocycles. The normalized spacial score (nSPS) is 11.2. The van der Waals surface area contributed by atoms with Crippen LogP contribution in [-0.2, 0) is 11.0 Å². The molecule has 1 amide bonds. The van der Waals surface area contributed by atoms with Crippen LogP contribution in [0.2, 0.25) is 0 Å². The molecule has 0 radical (unpaired) electrons. The van der Waals surface area contributed by atoms with Gasteiger partial charge >= 0.3 is 6.18 Å². The van der Waals surface area contributed by atoms with Crippen LogP contribution in [0.25, 0.3) is 0 Å². The zero-order chi connectivity index (χ0) is 14.6. The molecule has 5 nitrogen and oxygen atoms in total. The molecule has 0 aromatic carbocycles. The molecule has 0 saturated carbocycles. The Morgan fingerprint density at radius 1 is 1.47 bits per heavy atom. The Balaban J connectivity index is 2.70. The van der Waals surface area contributed by atoms with Crippen molar-refractivity contribution in [1.29, 1.82) is 0 Å². The quantitative estimate of drug-likeness (QED) is 0.875. The van der Waals surface area contributed by atoms with Crippen molar-refractivity contribution in [2.45, 2.75) is 12.6 Å². The summed E-state index contributed by atoms with van der Waals surface area (Å²) in [5.74, 6) is -0.129. The van der Waals surface area contributed by atoms with E-state index in [4.69, 9.17) is 5.73 Å². The Morgan fingerprint density at radius 3 is 2.63 bits per heavy atom. The van der Waals surface area contributed by atoms with Crippen molar-refractivity contribution >= 4 is 17.3 Å². The van der Waals surface area contributed by atoms with E-state index in [0.29, 0.717) is 0 Å². The number of nitrogen functional groups attached to an aromatic ring is 1. The van der Waals surface area contributed by atoms with Gasteiger partial charge in [-0.2, -0.15) is 13.2 Å². The van der Waals surface area contributed by atoms with Gasteiger partial charge < -0.3 is 16.0 Å². The first-order valence-corrected chi connectivity index (χ1v) is 5.48. The number of amides is 1. The molecular formula is C11H15F3N4O. The Morgan fingerprint density at radius 2 is 2.11 bits per heavy atom. The fraction of sp³-hybridized carbons (Fsp3) is 0.455. The molecule has 0 saturated heterocycles. The lowest BCUT2D eigenvalue weighted by molar-refractivity contribution is -0.141. The van der Waals surface area contributed by atoms with E-state index in [1.165, 1.54) is 4.90 Å². The number of alkyl halides is 3. The predicted molar refractivity (Wildman–Crippen MR) is 65.5 cm³/mol. The van der Waals surface area contributed by atoms with Gasteiger partial charge in [-0.05, 0) is 6.07 Å². The fourth-order valence-electron chi connectivity index (χ4n) is 1.30. The number of halogens is 3. The summed E-state index contributed by atoms with van der Waals surface area (Å²) in [7, 11) is 3.20. The van der Waals surface area contributed by atoms with Gasteiger partial charge in [0.15, 0.2) is 0 Å². The van der Waals surface area contributed by atoms with E-state index in [9.17, 15) is 18.0 Å². The highest BCUT2D eigenvalue weighted by Gasteiger charge is 2.32. The summed E-state index contributed by atoms with van der Waals surface area (Å²) in [4.78, 5) is 15.9. The maximum atomic E-state index is 12.5. The van der Waals surface area contributed by atoms with Gasteiger partial charge in [0, 0.05) is 27.1 Å². The average Bonchev–Trinajstić information content (AvgIpc) is 2.29. The number of aromatic nitrogens is 1. The number of carbonyl (C=O) groups excluding carboxylic acids is 1. The summed E-state index contributed by atoms with van der Waals surface area (Å²) in [5.41, 5.74) is 4.72. The molecule has 1 aromatic rings. The number of pyridine rings is 1. The second-order valence-corrected chi connectivity index (χ2v) is 4.12. The van der Waals surface area contributed by atoms with E-state index in [1.807, 2.05) is 0 Å². The zero-order valence-electron chi connectivity index (χ0n) is 10.6. The van der Waals surface area contributed by atoms with E-state index in [0.717, 1.165) is 12.3 Å². The summed E-state index contributed by atoms with van der Waals surface area (Å²) >= 11 is 0. The SMILES string of the molecule is CN(C)C(=O)CCNc1cc(C(F)(F)F)ncc1N. The second-order valence-electron chi connectivity index (χ2n) is 4.12. The minimum absolute atomic E-state index is 0.102. The fourth-order valence-corrected chi connectivity index (χ4v) is 1.30. The van der Waals surface area contributed by atoms with Gasteiger partial charge in [-0.25, -0.2) is 4.98 Å². The van der Waals surface area contributed by atoms with E-state index >= 15 is 0 Å². The van der Waals surface area contributed by atoms with Crippen LogP contribution >= 0.6 is 0 Å². The van der Waals surface area contributed by atoms with Crippen molar-refractivity contribution in [1.82, 2.24) is 9.88 Å². The predicted octanol–water partition coefficient (Wildman–Crippen LogP) is 1.57. The van der Waals surface area contributed by atoms with Crippen molar-refractivity contribution < 1.29 is 18.0 Å². The monoisotopic (exact) mass is 276 g/mol. The van der Waals surface area contributed by atoms with E-state index < -0.39 is 11.9 Å². The third-order valence-electron chi connectivity index (χ3n) is 2.38. The van der Waals surface area contributed by atoms with Gasteiger partial charge in [-0.15, -0.1) is 0 Å². The molecule has 0 atom stereocenters. The topological polar surface area (TPSA) is 71.2 Å². The van der Waals surface area contributed by atoms with Crippen LogP contribution in [-0.4, -0.2) is 36.4 Å². The molecule has 0 aliphatic heterocycles. The maximum Gasteiger partial charge on any atom is 0.433 e. The molecular weight excluding hydrogens is 261 g/mol. The molecule has 1 rings (SSSR count). The zero-order valence-corrected chi connectivity index (χ0v) is 10.6. The van der Waals surface area contributed by atoms with Crippen LogP contribution in [0.1, 0.15) is 12.1 Å². The smallest absolute Gasteiger partial charge is 0.396 e. The van der Waals surface area contributed by atoms with Gasteiger partial charge in [0.2, 0.25) is 5.91 Å². The van der Waals surface area contributed by atoms with Crippen LogP contribution in [0, 0.1) is 0 Å². The van der Waals surface area contributed by atoms with Gasteiger partial charge in [0.1, 0.15) is 5.69 Å². The van der Waals surface area contributed by atoms with E-state index in [2.05, 4.69) is 10.3 Å². The second kappa shape index (κ2) is 5.77. The number of anilines is 2. The Kier molecular flexibility index (Phi) is 4.57. The van der Waals surface area contributed by atoms with E-state index in [1.54, 1.807) is 14.1 Å². The highest BCUT2D eigenvalue weighted by atomic mass is 19.4. The number of nitrogens with one attached hydrogen (secondary N) is 1. The average molecular weight is 276 g/mol. The molecule has 0 unspecified atom stereocenters. The van der Waals surface area contributed by atoms with Gasteiger partial charge in [-0.3, -0.25) is 4.79 Å². The molecule has 19 heavy (non-hydrogen) atoms. The molecule has 0 aliphatic rings. The van der Waals surface area contributed by atoms with Gasteiger partial charge in [0.05, 0.1) is 17.6 Å². The molecule has 106 valence electrons. The number of nitrogens with zero attached hydrogens (tertiary/aromatic N) is 2. The number of hydrogen-bond donors (Lipinski definition) is 2. The Bertz CT molecular complexity index is 460. The Hall–Kier alpha value is -1.99. The van der Waals surface area contributed by atoms with Crippen molar-refractivity contribution in [3.63, 3.8) is 0 Å². The van der Waals surface area contributed by atoms with Crippen LogP contribution in [0.5, 0.6) is 0 Å². The van der Waals surface area contributed by atoms with Crippen molar-refractivity contribution in [2.24, 2.45) is 0 Å². The van der Waals surface area contributed by atoms with Gasteiger partial charge in [-0.1, -0.05) is 0 Å². The summed E-state index contributed by atoms with van der Waals surface area (Å²) in [6, 6.07) is 0.829. The van der Waals surface area contributed by atoms with E-state index in [-0.39, 0.29) is 30.2 Å². The van der Waals surface area contributed by atoms with Crippen molar-refractivity contribution in [3.8, 4) is 0 Å². The lowest BCUT2D eigenvalue weighted by Gasteiger charge is -2.13. The van der Waals surface area contributed by atoms with Crippen molar-refractivity contribution in [2.75, 3.05) is 31.7 Å². The maximum absolute atomic E-state index is 12.5.